The molecule has 0 saturated carbocycles. The number of thioether (sulfide) groups is 1. The smallest absolute Gasteiger partial charge is 0.247 e. The number of fused-ring (bicyclic) bond motifs is 1. The standard InChI is InChI=1S/C22H22BrN3O3S/c1-13-11-15(8-9-16(13)23)24-20(27)14-5-4-10-26(12-14)22(29)19-21(28)25-17-6-2-3-7-18(17)30-19/h2-3,6-9,11,14,19H,4-5,10,12H2,1H3,(H,24,27)(H,25,28)/t14-,19-/m1/s1. The van der Waals surface area contributed by atoms with Gasteiger partial charge in [-0.05, 0) is 55.7 Å². The van der Waals surface area contributed by atoms with E-state index in [1.807, 2.05) is 49.4 Å². The minimum atomic E-state index is -0.823. The molecular formula is C22H22BrN3O3S. The molecule has 2 aliphatic rings. The summed E-state index contributed by atoms with van der Waals surface area (Å²) < 4.78 is 0.986. The molecule has 2 N–H and O–H groups in total. The van der Waals surface area contributed by atoms with Crippen LogP contribution >= 0.6 is 27.7 Å². The van der Waals surface area contributed by atoms with Crippen LogP contribution in [0.4, 0.5) is 11.4 Å². The van der Waals surface area contributed by atoms with Crippen LogP contribution < -0.4 is 10.6 Å². The summed E-state index contributed by atoms with van der Waals surface area (Å²) in [5, 5.41) is 4.95. The Morgan fingerprint density at radius 2 is 2.03 bits per heavy atom. The number of piperidine rings is 1. The van der Waals surface area contributed by atoms with Gasteiger partial charge in [-0.2, -0.15) is 0 Å². The average Bonchev–Trinajstić information content (AvgIpc) is 2.75. The van der Waals surface area contributed by atoms with Crippen molar-refractivity contribution in [3.05, 3.63) is 52.5 Å². The number of aryl methyl sites for hydroxylation is 1. The van der Waals surface area contributed by atoms with Crippen LogP contribution in [-0.2, 0) is 14.4 Å². The number of rotatable bonds is 3. The molecule has 2 heterocycles. The van der Waals surface area contributed by atoms with Crippen LogP contribution in [0.2, 0.25) is 0 Å². The van der Waals surface area contributed by atoms with E-state index in [0.29, 0.717) is 13.1 Å². The van der Waals surface area contributed by atoms with Gasteiger partial charge in [0, 0.05) is 28.1 Å². The number of para-hydroxylation sites is 1. The van der Waals surface area contributed by atoms with Gasteiger partial charge in [0.15, 0.2) is 5.25 Å². The summed E-state index contributed by atoms with van der Waals surface area (Å²) in [5.41, 5.74) is 2.51. The Morgan fingerprint density at radius 1 is 1.23 bits per heavy atom. The number of carbonyl (C=O) groups is 3. The van der Waals surface area contributed by atoms with Gasteiger partial charge in [0.25, 0.3) is 0 Å². The minimum Gasteiger partial charge on any atom is -0.340 e. The fraction of sp³-hybridized carbons (Fsp3) is 0.318. The highest BCUT2D eigenvalue weighted by atomic mass is 79.9. The Balaban J connectivity index is 1.42. The van der Waals surface area contributed by atoms with Crippen molar-refractivity contribution in [2.45, 2.75) is 29.9 Å². The van der Waals surface area contributed by atoms with Gasteiger partial charge < -0.3 is 15.5 Å². The summed E-state index contributed by atoms with van der Waals surface area (Å²) in [6.45, 7) is 2.85. The predicted octanol–water partition coefficient (Wildman–Crippen LogP) is 4.05. The van der Waals surface area contributed by atoms with Gasteiger partial charge in [-0.15, -0.1) is 11.8 Å². The van der Waals surface area contributed by atoms with Gasteiger partial charge in [0.1, 0.15) is 0 Å². The van der Waals surface area contributed by atoms with Gasteiger partial charge in [-0.1, -0.05) is 28.1 Å². The lowest BCUT2D eigenvalue weighted by Crippen LogP contribution is -2.50. The Bertz CT molecular complexity index is 1010. The van der Waals surface area contributed by atoms with Crippen LogP contribution in [0.1, 0.15) is 18.4 Å². The van der Waals surface area contributed by atoms with E-state index in [4.69, 9.17) is 0 Å². The number of amides is 3. The first-order valence-electron chi connectivity index (χ1n) is 9.85. The summed E-state index contributed by atoms with van der Waals surface area (Å²) in [6, 6.07) is 13.1. The van der Waals surface area contributed by atoms with Crippen molar-refractivity contribution in [3.63, 3.8) is 0 Å². The highest BCUT2D eigenvalue weighted by molar-refractivity contribution is 9.10. The number of halogens is 1. The number of likely N-dealkylation sites (tertiary alicyclic amines) is 1. The Morgan fingerprint density at radius 3 is 2.83 bits per heavy atom. The van der Waals surface area contributed by atoms with Crippen LogP contribution in [0.5, 0.6) is 0 Å². The molecule has 2 atom stereocenters. The van der Waals surface area contributed by atoms with E-state index in [2.05, 4.69) is 26.6 Å². The number of nitrogens with zero attached hydrogens (tertiary/aromatic N) is 1. The van der Waals surface area contributed by atoms with Crippen LogP contribution in [0.3, 0.4) is 0 Å². The van der Waals surface area contributed by atoms with E-state index in [1.165, 1.54) is 11.8 Å². The molecule has 2 aliphatic heterocycles. The predicted molar refractivity (Wildman–Crippen MR) is 122 cm³/mol. The zero-order chi connectivity index (χ0) is 21.3. The number of nitrogens with one attached hydrogen (secondary N) is 2. The molecule has 156 valence electrons. The molecule has 6 nitrogen and oxygen atoms in total. The molecule has 0 aliphatic carbocycles. The highest BCUT2D eigenvalue weighted by Crippen LogP contribution is 2.36. The summed E-state index contributed by atoms with van der Waals surface area (Å²) in [7, 11) is 0. The van der Waals surface area contributed by atoms with Crippen molar-refractivity contribution in [2.75, 3.05) is 23.7 Å². The Hall–Kier alpha value is -2.32. The van der Waals surface area contributed by atoms with E-state index >= 15 is 0 Å². The highest BCUT2D eigenvalue weighted by Gasteiger charge is 2.38. The number of carbonyl (C=O) groups excluding carboxylic acids is 3. The van der Waals surface area contributed by atoms with E-state index in [-0.39, 0.29) is 23.6 Å². The van der Waals surface area contributed by atoms with Crippen LogP contribution in [0.15, 0.2) is 51.8 Å². The molecule has 2 aromatic carbocycles. The monoisotopic (exact) mass is 487 g/mol. The first-order chi connectivity index (χ1) is 14.4. The Labute approximate surface area is 187 Å². The first kappa shape index (κ1) is 20.9. The molecular weight excluding hydrogens is 466 g/mol. The SMILES string of the molecule is Cc1cc(NC(=O)[C@@H]2CCCN(C(=O)[C@@H]3Sc4ccccc4NC3=O)C2)ccc1Br. The second kappa shape index (κ2) is 8.81. The third-order valence-corrected chi connectivity index (χ3v) is 7.53. The maximum atomic E-state index is 13.1. The molecule has 30 heavy (non-hydrogen) atoms. The van der Waals surface area contributed by atoms with Crippen molar-refractivity contribution in [3.8, 4) is 0 Å². The second-order valence-corrected chi connectivity index (χ2v) is 9.56. The third-order valence-electron chi connectivity index (χ3n) is 5.38. The zero-order valence-corrected chi connectivity index (χ0v) is 18.9. The fourth-order valence-electron chi connectivity index (χ4n) is 3.74. The van der Waals surface area contributed by atoms with Gasteiger partial charge >= 0.3 is 0 Å². The molecule has 4 rings (SSSR count). The molecule has 3 amide bonds. The molecule has 1 saturated heterocycles. The molecule has 0 bridgehead atoms. The summed E-state index contributed by atoms with van der Waals surface area (Å²) in [5.74, 6) is -0.930. The van der Waals surface area contributed by atoms with Crippen LogP contribution in [0.25, 0.3) is 0 Å². The molecule has 0 unspecified atom stereocenters. The van der Waals surface area contributed by atoms with Crippen molar-refractivity contribution < 1.29 is 14.4 Å². The maximum absolute atomic E-state index is 13.1. The molecule has 0 aromatic heterocycles. The molecule has 0 radical (unpaired) electrons. The second-order valence-electron chi connectivity index (χ2n) is 7.56. The number of benzene rings is 2. The maximum Gasteiger partial charge on any atom is 0.247 e. The summed E-state index contributed by atoms with van der Waals surface area (Å²) in [4.78, 5) is 40.9. The normalized spacial score (nSPS) is 20.9. The van der Waals surface area contributed by atoms with E-state index in [1.54, 1.807) is 4.90 Å². The summed E-state index contributed by atoms with van der Waals surface area (Å²) in [6.07, 6.45) is 1.46. The van der Waals surface area contributed by atoms with Crippen LogP contribution in [-0.4, -0.2) is 41.0 Å². The van der Waals surface area contributed by atoms with Crippen molar-refractivity contribution in [2.24, 2.45) is 5.92 Å². The van der Waals surface area contributed by atoms with Crippen molar-refractivity contribution in [1.29, 1.82) is 0 Å². The van der Waals surface area contributed by atoms with Crippen molar-refractivity contribution >= 4 is 56.8 Å². The number of hydrogen-bond donors (Lipinski definition) is 2. The number of anilines is 2. The summed E-state index contributed by atoms with van der Waals surface area (Å²) >= 11 is 4.73. The number of hydrogen-bond acceptors (Lipinski definition) is 4. The van der Waals surface area contributed by atoms with E-state index in [9.17, 15) is 14.4 Å². The van der Waals surface area contributed by atoms with Crippen LogP contribution in [0, 0.1) is 12.8 Å². The molecule has 0 spiro atoms. The minimum absolute atomic E-state index is 0.0969. The lowest BCUT2D eigenvalue weighted by molar-refractivity contribution is -0.136. The van der Waals surface area contributed by atoms with E-state index in [0.717, 1.165) is 39.1 Å². The molecule has 2 aromatic rings. The van der Waals surface area contributed by atoms with Gasteiger partial charge in [0.2, 0.25) is 17.7 Å². The first-order valence-corrected chi connectivity index (χ1v) is 11.5. The van der Waals surface area contributed by atoms with E-state index < -0.39 is 5.25 Å². The lowest BCUT2D eigenvalue weighted by Gasteiger charge is -2.35. The Kier molecular flexibility index (Phi) is 6.15. The fourth-order valence-corrected chi connectivity index (χ4v) is 5.06. The van der Waals surface area contributed by atoms with Gasteiger partial charge in [-0.3, -0.25) is 14.4 Å². The average molecular weight is 488 g/mol. The quantitative estimate of drug-likeness (QED) is 0.640. The van der Waals surface area contributed by atoms with Crippen molar-refractivity contribution in [1.82, 2.24) is 4.90 Å². The topological polar surface area (TPSA) is 78.5 Å². The molecule has 1 fully saturated rings. The molecule has 8 heteroatoms. The zero-order valence-electron chi connectivity index (χ0n) is 16.5. The largest absolute Gasteiger partial charge is 0.340 e. The van der Waals surface area contributed by atoms with Gasteiger partial charge in [-0.25, -0.2) is 0 Å². The lowest BCUT2D eigenvalue weighted by atomic mass is 9.96. The third kappa shape index (κ3) is 4.39. The van der Waals surface area contributed by atoms with Gasteiger partial charge in [0.05, 0.1) is 11.6 Å².